The Bertz CT molecular complexity index is 366. The number of hydrogen-bond acceptors (Lipinski definition) is 4. The van der Waals surface area contributed by atoms with Crippen molar-refractivity contribution in [3.8, 4) is 6.07 Å². The monoisotopic (exact) mass is 190 g/mol. The summed E-state index contributed by atoms with van der Waals surface area (Å²) in [6.45, 7) is 3.24. The molecule has 0 aliphatic rings. The first-order valence-corrected chi connectivity index (χ1v) is 4.04. The highest BCUT2D eigenvalue weighted by Gasteiger charge is 2.20. The summed E-state index contributed by atoms with van der Waals surface area (Å²) in [6.07, 6.45) is 4.14. The van der Waals surface area contributed by atoms with Gasteiger partial charge in [-0.15, -0.1) is 0 Å². The highest BCUT2D eigenvalue weighted by atomic mass is 16.1. The van der Waals surface area contributed by atoms with E-state index in [0.717, 1.165) is 0 Å². The average molecular weight is 190 g/mol. The maximum Gasteiger partial charge on any atom is 0.255 e. The van der Waals surface area contributed by atoms with Crippen molar-refractivity contribution in [3.05, 3.63) is 24.3 Å². The van der Waals surface area contributed by atoms with Gasteiger partial charge in [-0.2, -0.15) is 5.26 Å². The molecule has 0 spiro atoms. The second-order valence-corrected chi connectivity index (χ2v) is 3.32. The zero-order valence-electron chi connectivity index (χ0n) is 7.98. The summed E-state index contributed by atoms with van der Waals surface area (Å²) in [5.41, 5.74) is -0.539. The molecule has 1 aromatic heterocycles. The minimum Gasteiger partial charge on any atom is -0.334 e. The van der Waals surface area contributed by atoms with E-state index in [4.69, 9.17) is 5.26 Å². The molecule has 0 bridgehead atoms. The lowest BCUT2D eigenvalue weighted by Crippen LogP contribution is -2.42. The Morgan fingerprint density at radius 2 is 2.07 bits per heavy atom. The molecule has 0 aliphatic carbocycles. The quantitative estimate of drug-likeness (QED) is 0.736. The van der Waals surface area contributed by atoms with Gasteiger partial charge in [-0.05, 0) is 13.8 Å². The largest absolute Gasteiger partial charge is 0.334 e. The fourth-order valence-corrected chi connectivity index (χ4v) is 0.800. The van der Waals surface area contributed by atoms with Crippen LogP contribution in [0.15, 0.2) is 18.7 Å². The van der Waals surface area contributed by atoms with Crippen LogP contribution in [-0.2, 0) is 0 Å². The number of rotatable bonds is 2. The summed E-state index contributed by atoms with van der Waals surface area (Å²) in [4.78, 5) is 18.9. The van der Waals surface area contributed by atoms with Gasteiger partial charge < -0.3 is 5.32 Å². The smallest absolute Gasteiger partial charge is 0.255 e. The van der Waals surface area contributed by atoms with Crippen LogP contribution in [-0.4, -0.2) is 21.4 Å². The summed E-state index contributed by atoms with van der Waals surface area (Å²) < 4.78 is 0. The van der Waals surface area contributed by atoms with Crippen molar-refractivity contribution in [2.45, 2.75) is 19.4 Å². The first-order chi connectivity index (χ1) is 6.55. The lowest BCUT2D eigenvalue weighted by molar-refractivity contribution is 0.0928. The Hall–Kier alpha value is -1.96. The fourth-order valence-electron chi connectivity index (χ4n) is 0.800. The first kappa shape index (κ1) is 10.1. The van der Waals surface area contributed by atoms with Crippen molar-refractivity contribution in [1.29, 1.82) is 5.26 Å². The van der Waals surface area contributed by atoms with Crippen LogP contribution in [0.25, 0.3) is 0 Å². The summed E-state index contributed by atoms with van der Waals surface area (Å²) in [7, 11) is 0. The third kappa shape index (κ3) is 2.52. The molecule has 1 aromatic rings. The van der Waals surface area contributed by atoms with Crippen molar-refractivity contribution >= 4 is 5.91 Å². The van der Waals surface area contributed by atoms with Crippen LogP contribution in [0.4, 0.5) is 0 Å². The van der Waals surface area contributed by atoms with Crippen molar-refractivity contribution in [2.75, 3.05) is 0 Å². The van der Waals surface area contributed by atoms with E-state index in [1.165, 1.54) is 18.7 Å². The van der Waals surface area contributed by atoms with Crippen molar-refractivity contribution in [3.63, 3.8) is 0 Å². The number of amides is 1. The lowest BCUT2D eigenvalue weighted by atomic mass is 10.1. The number of nitrogens with zero attached hydrogens (tertiary/aromatic N) is 3. The van der Waals surface area contributed by atoms with E-state index < -0.39 is 5.54 Å². The number of hydrogen-bond donors (Lipinski definition) is 1. The predicted octanol–water partition coefficient (Wildman–Crippen LogP) is 0.509. The molecule has 0 unspecified atom stereocenters. The second-order valence-electron chi connectivity index (χ2n) is 3.32. The molecule has 72 valence electrons. The van der Waals surface area contributed by atoms with Gasteiger partial charge in [0, 0.05) is 12.4 Å². The van der Waals surface area contributed by atoms with Crippen LogP contribution < -0.4 is 5.32 Å². The van der Waals surface area contributed by atoms with E-state index in [-0.39, 0.29) is 5.91 Å². The third-order valence-corrected chi connectivity index (χ3v) is 1.53. The van der Waals surface area contributed by atoms with Crippen molar-refractivity contribution in [2.24, 2.45) is 0 Å². The van der Waals surface area contributed by atoms with Gasteiger partial charge in [0.2, 0.25) is 0 Å². The Morgan fingerprint density at radius 1 is 1.50 bits per heavy atom. The van der Waals surface area contributed by atoms with Crippen LogP contribution in [0.2, 0.25) is 0 Å². The standard InChI is InChI=1S/C9H10N4O/c1-9(2,5-10)13-8(14)7-3-11-6-12-4-7/h3-4,6H,1-2H3,(H,13,14). The minimum atomic E-state index is -0.882. The Balaban J connectivity index is 2.75. The van der Waals surface area contributed by atoms with E-state index in [9.17, 15) is 4.79 Å². The van der Waals surface area contributed by atoms with Crippen LogP contribution in [0.1, 0.15) is 24.2 Å². The molecule has 0 saturated heterocycles. The lowest BCUT2D eigenvalue weighted by Gasteiger charge is -2.16. The first-order valence-electron chi connectivity index (χ1n) is 4.04. The number of nitrogens with one attached hydrogen (secondary N) is 1. The second kappa shape index (κ2) is 3.83. The highest BCUT2D eigenvalue weighted by Crippen LogP contribution is 2.02. The van der Waals surface area contributed by atoms with Crippen molar-refractivity contribution < 1.29 is 4.79 Å². The number of carbonyl (C=O) groups is 1. The molecule has 1 N–H and O–H groups in total. The van der Waals surface area contributed by atoms with Gasteiger partial charge in [-0.3, -0.25) is 4.79 Å². The molecule has 14 heavy (non-hydrogen) atoms. The van der Waals surface area contributed by atoms with Crippen LogP contribution in [0, 0.1) is 11.3 Å². The van der Waals surface area contributed by atoms with Gasteiger partial charge in [0.15, 0.2) is 0 Å². The Labute approximate surface area is 81.8 Å². The molecule has 5 heteroatoms. The number of carbonyl (C=O) groups excluding carboxylic acids is 1. The van der Waals surface area contributed by atoms with Crippen LogP contribution >= 0.6 is 0 Å². The van der Waals surface area contributed by atoms with E-state index in [2.05, 4.69) is 15.3 Å². The molecule has 1 rings (SSSR count). The Kier molecular flexibility index (Phi) is 2.77. The number of aromatic nitrogens is 2. The van der Waals surface area contributed by atoms with Crippen molar-refractivity contribution in [1.82, 2.24) is 15.3 Å². The molecule has 1 amide bonds. The summed E-state index contributed by atoms with van der Waals surface area (Å²) in [6, 6.07) is 1.97. The van der Waals surface area contributed by atoms with Gasteiger partial charge in [0.25, 0.3) is 5.91 Å². The predicted molar refractivity (Wildman–Crippen MR) is 49.2 cm³/mol. The van der Waals surface area contributed by atoms with Gasteiger partial charge in [-0.25, -0.2) is 9.97 Å². The van der Waals surface area contributed by atoms with Gasteiger partial charge in [0.05, 0.1) is 11.6 Å². The van der Waals surface area contributed by atoms with E-state index in [1.807, 2.05) is 6.07 Å². The molecule has 0 atom stereocenters. The van der Waals surface area contributed by atoms with Gasteiger partial charge >= 0.3 is 0 Å². The number of nitriles is 1. The molecule has 1 heterocycles. The van der Waals surface area contributed by atoms with Gasteiger partial charge in [-0.1, -0.05) is 0 Å². The molecule has 5 nitrogen and oxygen atoms in total. The summed E-state index contributed by atoms with van der Waals surface area (Å²) in [5, 5.41) is 11.2. The minimum absolute atomic E-state index is 0.343. The molecular formula is C9H10N4O. The molecule has 0 aliphatic heterocycles. The molecular weight excluding hydrogens is 180 g/mol. The summed E-state index contributed by atoms with van der Waals surface area (Å²) in [5.74, 6) is -0.350. The maximum atomic E-state index is 11.5. The molecule has 0 radical (unpaired) electrons. The third-order valence-electron chi connectivity index (χ3n) is 1.53. The topological polar surface area (TPSA) is 78.7 Å². The van der Waals surface area contributed by atoms with E-state index in [0.29, 0.717) is 5.56 Å². The molecule has 0 saturated carbocycles. The van der Waals surface area contributed by atoms with Crippen LogP contribution in [0.3, 0.4) is 0 Å². The fraction of sp³-hybridized carbons (Fsp3) is 0.333. The SMILES string of the molecule is CC(C)(C#N)NC(=O)c1cncnc1. The zero-order chi connectivity index (χ0) is 10.6. The zero-order valence-corrected chi connectivity index (χ0v) is 7.98. The molecule has 0 fully saturated rings. The Morgan fingerprint density at radius 3 is 2.57 bits per heavy atom. The van der Waals surface area contributed by atoms with Gasteiger partial charge in [0.1, 0.15) is 11.9 Å². The summed E-state index contributed by atoms with van der Waals surface area (Å²) >= 11 is 0. The molecule has 0 aromatic carbocycles. The van der Waals surface area contributed by atoms with E-state index in [1.54, 1.807) is 13.8 Å². The van der Waals surface area contributed by atoms with E-state index >= 15 is 0 Å². The van der Waals surface area contributed by atoms with Crippen LogP contribution in [0.5, 0.6) is 0 Å². The maximum absolute atomic E-state index is 11.5. The average Bonchev–Trinajstić information content (AvgIpc) is 2.19. The normalized spacial score (nSPS) is 10.4. The highest BCUT2D eigenvalue weighted by molar-refractivity contribution is 5.94.